The van der Waals surface area contributed by atoms with Crippen molar-refractivity contribution in [1.82, 2.24) is 14.8 Å². The van der Waals surface area contributed by atoms with Gasteiger partial charge >= 0.3 is 12.3 Å². The molecule has 260 valence electrons. The van der Waals surface area contributed by atoms with E-state index in [1.54, 1.807) is 16.8 Å². The first-order valence-corrected chi connectivity index (χ1v) is 16.7. The van der Waals surface area contributed by atoms with Crippen LogP contribution >= 0.6 is 0 Å². The van der Waals surface area contributed by atoms with E-state index >= 15 is 0 Å². The van der Waals surface area contributed by atoms with E-state index in [1.165, 1.54) is 11.8 Å². The Labute approximate surface area is 279 Å². The fraction of sp³-hybridized carbons (Fsp3) is 0.600. The molecule has 0 saturated carbocycles. The van der Waals surface area contributed by atoms with E-state index in [0.717, 1.165) is 55.9 Å². The van der Waals surface area contributed by atoms with Gasteiger partial charge in [-0.2, -0.15) is 13.2 Å². The first kappa shape index (κ1) is 34.0. The van der Waals surface area contributed by atoms with Gasteiger partial charge in [-0.1, -0.05) is 12.1 Å². The Morgan fingerprint density at radius 1 is 1.02 bits per heavy atom. The Morgan fingerprint density at radius 2 is 1.71 bits per heavy atom. The summed E-state index contributed by atoms with van der Waals surface area (Å²) in [6, 6.07) is 6.94. The SMILES string of the molecule is Cc1cc(C(F)(F)F)cc(N2C(=O)C[C@@H]3CN(CC4CCN(C5CN(C(=O)OC(C)(C)C)C5)CC4)c4c(C)cccc4N(C)C(=O)[C@H]32)n1. The summed E-state index contributed by atoms with van der Waals surface area (Å²) in [5.41, 5.74) is 1.36. The number of halogens is 3. The van der Waals surface area contributed by atoms with Crippen molar-refractivity contribution in [2.75, 3.05) is 61.0 Å². The molecule has 3 saturated heterocycles. The molecule has 1 aromatic carbocycles. The predicted octanol–water partition coefficient (Wildman–Crippen LogP) is 5.25. The summed E-state index contributed by atoms with van der Waals surface area (Å²) >= 11 is 0. The Bertz CT molecular complexity index is 1580. The summed E-state index contributed by atoms with van der Waals surface area (Å²) in [6.07, 6.45) is -2.94. The van der Waals surface area contributed by atoms with Crippen molar-refractivity contribution in [3.63, 3.8) is 0 Å². The highest BCUT2D eigenvalue weighted by Crippen LogP contribution is 2.42. The fourth-order valence-corrected chi connectivity index (χ4v) is 7.64. The average Bonchev–Trinajstić information content (AvgIpc) is 3.28. The molecule has 2 aromatic rings. The highest BCUT2D eigenvalue weighted by molar-refractivity contribution is 6.10. The topological polar surface area (TPSA) is 89.5 Å². The highest BCUT2D eigenvalue weighted by atomic mass is 19.4. The third kappa shape index (κ3) is 6.70. The normalized spacial score (nSPS) is 23.1. The van der Waals surface area contributed by atoms with Crippen LogP contribution in [-0.4, -0.2) is 96.7 Å². The molecule has 0 N–H and O–H groups in total. The van der Waals surface area contributed by atoms with Crippen molar-refractivity contribution in [1.29, 1.82) is 0 Å². The summed E-state index contributed by atoms with van der Waals surface area (Å²) in [4.78, 5) is 53.7. The first-order valence-electron chi connectivity index (χ1n) is 16.7. The second kappa shape index (κ2) is 12.5. The lowest BCUT2D eigenvalue weighted by atomic mass is 9.91. The van der Waals surface area contributed by atoms with Crippen LogP contribution in [0.1, 0.15) is 56.9 Å². The molecule has 5 heterocycles. The second-order valence-electron chi connectivity index (χ2n) is 14.8. The Hall–Kier alpha value is -3.87. The lowest BCUT2D eigenvalue weighted by Gasteiger charge is -2.48. The average molecular weight is 671 g/mol. The molecule has 0 aliphatic carbocycles. The number of fused-ring (bicyclic) bond motifs is 2. The van der Waals surface area contributed by atoms with E-state index in [2.05, 4.69) is 14.8 Å². The number of likely N-dealkylation sites (tertiary alicyclic amines) is 2. The second-order valence-corrected chi connectivity index (χ2v) is 14.8. The van der Waals surface area contributed by atoms with Crippen LogP contribution in [0.25, 0.3) is 0 Å². The zero-order chi connectivity index (χ0) is 34.7. The number of amides is 3. The molecule has 48 heavy (non-hydrogen) atoms. The number of likely N-dealkylation sites (N-methyl/N-ethyl adjacent to an activating group) is 1. The number of pyridine rings is 1. The van der Waals surface area contributed by atoms with Crippen LogP contribution < -0.4 is 14.7 Å². The molecule has 0 radical (unpaired) electrons. The molecular weight excluding hydrogens is 625 g/mol. The lowest BCUT2D eigenvalue weighted by Crippen LogP contribution is -2.63. The van der Waals surface area contributed by atoms with Crippen molar-refractivity contribution < 1.29 is 32.3 Å². The first-order chi connectivity index (χ1) is 22.5. The number of nitrogens with zero attached hydrogens (tertiary/aromatic N) is 6. The number of anilines is 3. The molecular formula is C35H45F3N6O4. The van der Waals surface area contributed by atoms with Gasteiger partial charge in [-0.15, -0.1) is 0 Å². The third-order valence-electron chi connectivity index (χ3n) is 10.0. The van der Waals surface area contributed by atoms with Crippen molar-refractivity contribution in [3.8, 4) is 0 Å². The summed E-state index contributed by atoms with van der Waals surface area (Å²) in [5, 5.41) is 0. The zero-order valence-corrected chi connectivity index (χ0v) is 28.5. The maximum atomic E-state index is 14.1. The van der Waals surface area contributed by atoms with Crippen LogP contribution in [0.2, 0.25) is 0 Å². The smallest absolute Gasteiger partial charge is 0.416 e. The number of hydrogen-bond acceptors (Lipinski definition) is 7. The van der Waals surface area contributed by atoms with E-state index in [0.29, 0.717) is 37.3 Å². The number of rotatable bonds is 4. The van der Waals surface area contributed by atoms with E-state index in [1.807, 2.05) is 45.9 Å². The lowest BCUT2D eigenvalue weighted by molar-refractivity contribution is -0.137. The minimum absolute atomic E-state index is 0.0349. The molecule has 4 aliphatic heterocycles. The van der Waals surface area contributed by atoms with E-state index < -0.39 is 35.2 Å². The highest BCUT2D eigenvalue weighted by Gasteiger charge is 2.50. The number of carbonyl (C=O) groups excluding carboxylic acids is 3. The summed E-state index contributed by atoms with van der Waals surface area (Å²) in [5.74, 6) is -0.980. The molecule has 6 rings (SSSR count). The third-order valence-corrected chi connectivity index (χ3v) is 10.0. The van der Waals surface area contributed by atoms with Crippen molar-refractivity contribution in [2.45, 2.75) is 77.7 Å². The number of benzene rings is 1. The van der Waals surface area contributed by atoms with Gasteiger partial charge in [-0.3, -0.25) is 19.4 Å². The van der Waals surface area contributed by atoms with E-state index in [-0.39, 0.29) is 29.9 Å². The Kier molecular flexibility index (Phi) is 8.89. The number of ether oxygens (including phenoxy) is 1. The summed E-state index contributed by atoms with van der Waals surface area (Å²) in [6.45, 7) is 13.3. The molecule has 0 unspecified atom stereocenters. The van der Waals surface area contributed by atoms with Gasteiger partial charge in [0.2, 0.25) is 11.8 Å². The zero-order valence-electron chi connectivity index (χ0n) is 28.5. The maximum Gasteiger partial charge on any atom is 0.416 e. The quantitative estimate of drug-likeness (QED) is 0.439. The number of alkyl halides is 3. The fourth-order valence-electron chi connectivity index (χ4n) is 7.64. The summed E-state index contributed by atoms with van der Waals surface area (Å²) < 4.78 is 46.8. The standard InChI is InChI=1S/C35H45F3N6O4/c1-21-8-7-9-27-30(21)42(17-23-10-12-41(13-11-23)26-19-43(20-26)33(47)48-34(3,4)5)18-24-15-29(45)44(31(24)32(46)40(27)6)28-16-25(35(36,37)38)14-22(2)39-28/h7-9,14,16,23-24,26,31H,10-13,15,17-20H2,1-6H3/t24-,31+/m1/s1. The predicted molar refractivity (Wildman–Crippen MR) is 176 cm³/mol. The molecule has 3 amide bonds. The molecule has 10 nitrogen and oxygen atoms in total. The molecule has 2 atom stereocenters. The van der Waals surface area contributed by atoms with E-state index in [4.69, 9.17) is 4.74 Å². The maximum absolute atomic E-state index is 14.1. The van der Waals surface area contributed by atoms with Crippen LogP contribution in [0.4, 0.5) is 35.2 Å². The van der Waals surface area contributed by atoms with Crippen molar-refractivity contribution in [3.05, 3.63) is 47.2 Å². The largest absolute Gasteiger partial charge is 0.444 e. The van der Waals surface area contributed by atoms with Gasteiger partial charge in [-0.25, -0.2) is 9.78 Å². The number of hydrogen-bond donors (Lipinski definition) is 0. The van der Waals surface area contributed by atoms with Crippen molar-refractivity contribution in [2.24, 2.45) is 11.8 Å². The van der Waals surface area contributed by atoms with Crippen LogP contribution in [0.15, 0.2) is 30.3 Å². The number of para-hydroxylation sites is 1. The number of piperidine rings is 1. The Balaban J connectivity index is 1.20. The van der Waals surface area contributed by atoms with Gasteiger partial charge in [0.1, 0.15) is 17.5 Å². The number of aromatic nitrogens is 1. The molecule has 4 aliphatic rings. The van der Waals surface area contributed by atoms with Gasteiger partial charge in [0.15, 0.2) is 0 Å². The summed E-state index contributed by atoms with van der Waals surface area (Å²) in [7, 11) is 1.67. The molecule has 13 heteroatoms. The van der Waals surface area contributed by atoms with Crippen LogP contribution in [0.3, 0.4) is 0 Å². The monoisotopic (exact) mass is 670 g/mol. The molecule has 0 bridgehead atoms. The van der Waals surface area contributed by atoms with Crippen LogP contribution in [0.5, 0.6) is 0 Å². The minimum Gasteiger partial charge on any atom is -0.444 e. The van der Waals surface area contributed by atoms with Crippen molar-refractivity contribution >= 4 is 35.1 Å². The van der Waals surface area contributed by atoms with Gasteiger partial charge < -0.3 is 19.4 Å². The van der Waals surface area contributed by atoms with Gasteiger partial charge in [0, 0.05) is 57.3 Å². The molecule has 0 spiro atoms. The molecule has 3 fully saturated rings. The minimum atomic E-state index is -4.62. The Morgan fingerprint density at radius 3 is 2.35 bits per heavy atom. The van der Waals surface area contributed by atoms with Crippen LogP contribution in [0, 0.1) is 25.7 Å². The van der Waals surface area contributed by atoms with Crippen LogP contribution in [-0.2, 0) is 20.5 Å². The van der Waals surface area contributed by atoms with Gasteiger partial charge in [0.05, 0.1) is 16.9 Å². The van der Waals surface area contributed by atoms with Gasteiger partial charge in [-0.05, 0) is 90.2 Å². The number of aryl methyl sites for hydroxylation is 2. The van der Waals surface area contributed by atoms with E-state index in [9.17, 15) is 27.6 Å². The van der Waals surface area contributed by atoms with Gasteiger partial charge in [0.25, 0.3) is 0 Å². The molecule has 1 aromatic heterocycles. The number of carbonyl (C=O) groups is 3.